The predicted octanol–water partition coefficient (Wildman–Crippen LogP) is 2.53. The molecule has 1 aromatic carbocycles. The number of hydrogen-bond acceptors (Lipinski definition) is 4. The summed E-state index contributed by atoms with van der Waals surface area (Å²) < 4.78 is 1.83. The zero-order valence-electron chi connectivity index (χ0n) is 15.1. The average Bonchev–Trinajstić information content (AvgIpc) is 3.39. The van der Waals surface area contributed by atoms with Crippen molar-refractivity contribution >= 4 is 11.7 Å². The zero-order valence-corrected chi connectivity index (χ0v) is 15.1. The van der Waals surface area contributed by atoms with E-state index in [4.69, 9.17) is 5.10 Å². The Morgan fingerprint density at radius 3 is 2.73 bits per heavy atom. The van der Waals surface area contributed by atoms with Gasteiger partial charge < -0.3 is 10.4 Å². The van der Waals surface area contributed by atoms with Crippen LogP contribution in [0, 0.1) is 0 Å². The molecule has 1 aromatic heterocycles. The zero-order chi connectivity index (χ0) is 18.1. The Morgan fingerprint density at radius 2 is 2.04 bits per heavy atom. The molecule has 6 heteroatoms. The largest absolute Gasteiger partial charge is 0.393 e. The number of aliphatic hydroxyl groups excluding tert-OH is 1. The average molecular weight is 354 g/mol. The van der Waals surface area contributed by atoms with Gasteiger partial charge in [-0.2, -0.15) is 5.10 Å². The first-order valence-electron chi connectivity index (χ1n) is 9.47. The third kappa shape index (κ3) is 3.81. The van der Waals surface area contributed by atoms with Crippen LogP contribution in [0.3, 0.4) is 0 Å². The number of aliphatic hydroxyl groups is 1. The number of aromatic nitrogens is 2. The Kier molecular flexibility index (Phi) is 4.78. The Bertz CT molecular complexity index is 769. The van der Waals surface area contributed by atoms with E-state index < -0.39 is 0 Å². The van der Waals surface area contributed by atoms with Gasteiger partial charge in [-0.1, -0.05) is 18.2 Å². The number of benzene rings is 1. The topological polar surface area (TPSA) is 70.4 Å². The molecule has 1 amide bonds. The normalized spacial score (nSPS) is 23.8. The number of anilines is 1. The molecule has 2 heterocycles. The van der Waals surface area contributed by atoms with Crippen molar-refractivity contribution in [2.45, 2.75) is 50.7 Å². The highest BCUT2D eigenvalue weighted by molar-refractivity contribution is 5.91. The number of carbonyl (C=O) groups is 1. The molecule has 1 saturated heterocycles. The van der Waals surface area contributed by atoms with Crippen LogP contribution >= 0.6 is 0 Å². The first kappa shape index (κ1) is 17.2. The van der Waals surface area contributed by atoms with Crippen molar-refractivity contribution in [3.63, 3.8) is 0 Å². The highest BCUT2D eigenvalue weighted by Crippen LogP contribution is 2.40. The summed E-state index contributed by atoms with van der Waals surface area (Å²) in [7, 11) is 0. The van der Waals surface area contributed by atoms with Gasteiger partial charge in [0.25, 0.3) is 0 Å². The summed E-state index contributed by atoms with van der Waals surface area (Å²) in [5, 5.41) is 17.5. The van der Waals surface area contributed by atoms with Crippen molar-refractivity contribution in [2.24, 2.45) is 0 Å². The molecular formula is C20H26N4O2. The summed E-state index contributed by atoms with van der Waals surface area (Å²) in [6.45, 7) is 3.16. The first-order valence-corrected chi connectivity index (χ1v) is 9.47. The molecule has 2 N–H and O–H groups in total. The molecule has 1 saturated carbocycles. The summed E-state index contributed by atoms with van der Waals surface area (Å²) in [5.74, 6) is 1.22. The summed E-state index contributed by atoms with van der Waals surface area (Å²) in [4.78, 5) is 14.8. The summed E-state index contributed by atoms with van der Waals surface area (Å²) in [5.41, 5.74) is 2.00. The number of amides is 1. The van der Waals surface area contributed by atoms with E-state index >= 15 is 0 Å². The minimum atomic E-state index is -0.245. The van der Waals surface area contributed by atoms with Crippen molar-refractivity contribution in [1.29, 1.82) is 0 Å². The Balaban J connectivity index is 1.49. The Morgan fingerprint density at radius 1 is 1.27 bits per heavy atom. The van der Waals surface area contributed by atoms with E-state index in [1.54, 1.807) is 0 Å². The van der Waals surface area contributed by atoms with Crippen LogP contribution in [0.4, 0.5) is 5.82 Å². The molecule has 2 aliphatic rings. The number of carbonyl (C=O) groups excluding carboxylic acids is 1. The fraction of sp³-hybridized carbons (Fsp3) is 0.500. The number of para-hydroxylation sites is 1. The van der Waals surface area contributed by atoms with Gasteiger partial charge in [0.2, 0.25) is 5.91 Å². The molecule has 2 fully saturated rings. The van der Waals surface area contributed by atoms with Gasteiger partial charge in [-0.15, -0.1) is 0 Å². The first-order chi connectivity index (χ1) is 12.6. The Labute approximate surface area is 153 Å². The van der Waals surface area contributed by atoms with E-state index in [-0.39, 0.29) is 18.1 Å². The Hall–Kier alpha value is -2.18. The van der Waals surface area contributed by atoms with Crippen molar-refractivity contribution in [1.82, 2.24) is 14.7 Å². The van der Waals surface area contributed by atoms with Gasteiger partial charge >= 0.3 is 0 Å². The molecule has 138 valence electrons. The quantitative estimate of drug-likeness (QED) is 0.866. The van der Waals surface area contributed by atoms with Crippen LogP contribution in [0.1, 0.15) is 44.2 Å². The van der Waals surface area contributed by atoms with Crippen LogP contribution in [0.2, 0.25) is 0 Å². The molecule has 6 nitrogen and oxygen atoms in total. The lowest BCUT2D eigenvalue weighted by Crippen LogP contribution is -2.46. The lowest BCUT2D eigenvalue weighted by atomic mass is 10.0. The molecule has 0 spiro atoms. The monoisotopic (exact) mass is 354 g/mol. The second kappa shape index (κ2) is 7.21. The molecule has 1 aliphatic carbocycles. The van der Waals surface area contributed by atoms with Crippen LogP contribution in [-0.2, 0) is 4.79 Å². The van der Waals surface area contributed by atoms with E-state index in [0.29, 0.717) is 12.5 Å². The lowest BCUT2D eigenvalue weighted by molar-refractivity contribution is -0.118. The second-order valence-corrected chi connectivity index (χ2v) is 7.52. The maximum Gasteiger partial charge on any atom is 0.239 e. The van der Waals surface area contributed by atoms with E-state index in [9.17, 15) is 9.90 Å². The van der Waals surface area contributed by atoms with E-state index in [2.05, 4.69) is 17.1 Å². The van der Waals surface area contributed by atoms with Gasteiger partial charge in [0.05, 0.1) is 24.0 Å². The van der Waals surface area contributed by atoms with Crippen LogP contribution in [-0.4, -0.2) is 50.9 Å². The molecule has 26 heavy (non-hydrogen) atoms. The van der Waals surface area contributed by atoms with Gasteiger partial charge in [-0.05, 0) is 44.7 Å². The lowest BCUT2D eigenvalue weighted by Gasteiger charge is -2.35. The molecular weight excluding hydrogens is 328 g/mol. The molecule has 2 aromatic rings. The highest BCUT2D eigenvalue weighted by atomic mass is 16.3. The summed E-state index contributed by atoms with van der Waals surface area (Å²) in [6, 6.07) is 12.1. The molecule has 0 radical (unpaired) electrons. The molecule has 2 atom stereocenters. The summed E-state index contributed by atoms with van der Waals surface area (Å²) >= 11 is 0. The van der Waals surface area contributed by atoms with Gasteiger partial charge in [-0.25, -0.2) is 4.68 Å². The highest BCUT2D eigenvalue weighted by Gasteiger charge is 2.29. The third-order valence-corrected chi connectivity index (χ3v) is 5.32. The van der Waals surface area contributed by atoms with Gasteiger partial charge in [-0.3, -0.25) is 9.69 Å². The van der Waals surface area contributed by atoms with E-state index in [1.807, 2.05) is 41.1 Å². The minimum absolute atomic E-state index is 0.0346. The van der Waals surface area contributed by atoms with Crippen molar-refractivity contribution < 1.29 is 9.90 Å². The number of piperidine rings is 1. The maximum absolute atomic E-state index is 12.6. The molecule has 1 aliphatic heterocycles. The minimum Gasteiger partial charge on any atom is -0.393 e. The van der Waals surface area contributed by atoms with Gasteiger partial charge in [0.15, 0.2) is 0 Å². The smallest absolute Gasteiger partial charge is 0.239 e. The van der Waals surface area contributed by atoms with Crippen LogP contribution in [0.15, 0.2) is 36.4 Å². The molecule has 4 rings (SSSR count). The maximum atomic E-state index is 12.6. The second-order valence-electron chi connectivity index (χ2n) is 7.52. The molecule has 0 unspecified atom stereocenters. The fourth-order valence-electron chi connectivity index (χ4n) is 3.63. The van der Waals surface area contributed by atoms with E-state index in [0.717, 1.165) is 36.6 Å². The van der Waals surface area contributed by atoms with Crippen LogP contribution < -0.4 is 5.32 Å². The van der Waals surface area contributed by atoms with Gasteiger partial charge in [0, 0.05) is 24.6 Å². The fourth-order valence-corrected chi connectivity index (χ4v) is 3.63. The SMILES string of the molecule is C[C@H]1C[C@H](O)CCN1CC(=O)Nc1cc(C2CC2)nn1-c1ccccc1. The number of nitrogens with one attached hydrogen (secondary N) is 1. The van der Waals surface area contributed by atoms with Crippen molar-refractivity contribution in [2.75, 3.05) is 18.4 Å². The van der Waals surface area contributed by atoms with Crippen molar-refractivity contribution in [3.8, 4) is 5.69 Å². The third-order valence-electron chi connectivity index (χ3n) is 5.32. The van der Waals surface area contributed by atoms with Crippen LogP contribution in [0.5, 0.6) is 0 Å². The summed E-state index contributed by atoms with van der Waals surface area (Å²) in [6.07, 6.45) is 3.55. The van der Waals surface area contributed by atoms with Gasteiger partial charge in [0.1, 0.15) is 5.82 Å². The van der Waals surface area contributed by atoms with Crippen LogP contribution in [0.25, 0.3) is 5.69 Å². The number of nitrogens with zero attached hydrogens (tertiary/aromatic N) is 3. The predicted molar refractivity (Wildman–Crippen MR) is 100 cm³/mol. The van der Waals surface area contributed by atoms with E-state index in [1.165, 1.54) is 12.8 Å². The standard InChI is InChI=1S/C20H26N4O2/c1-14-11-17(25)9-10-23(14)13-20(26)21-19-12-18(15-7-8-15)22-24(19)16-5-3-2-4-6-16/h2-6,12,14-15,17,25H,7-11,13H2,1H3,(H,21,26)/t14-,17+/m0/s1. The molecule has 0 bridgehead atoms. The number of hydrogen-bond donors (Lipinski definition) is 2. The number of rotatable bonds is 5. The van der Waals surface area contributed by atoms with Crippen molar-refractivity contribution in [3.05, 3.63) is 42.1 Å². The number of likely N-dealkylation sites (tertiary alicyclic amines) is 1.